The van der Waals surface area contributed by atoms with Crippen molar-refractivity contribution in [3.8, 4) is 17.2 Å². The number of carbonyl (C=O) groups is 1. The molecular formula is C19H20N2O4S. The Balaban J connectivity index is 2.01. The van der Waals surface area contributed by atoms with E-state index in [2.05, 4.69) is 4.99 Å². The first-order chi connectivity index (χ1) is 12.6. The fourth-order valence-electron chi connectivity index (χ4n) is 2.57. The average molecular weight is 372 g/mol. The quantitative estimate of drug-likeness (QED) is 0.689. The van der Waals surface area contributed by atoms with Gasteiger partial charge in [-0.1, -0.05) is 11.3 Å². The highest BCUT2D eigenvalue weighted by Crippen LogP contribution is 2.33. The summed E-state index contributed by atoms with van der Waals surface area (Å²) in [4.78, 5) is 17.4. The minimum absolute atomic E-state index is 0.297. The number of hydrogen-bond donors (Lipinski definition) is 0. The second-order valence-electron chi connectivity index (χ2n) is 5.49. The molecule has 1 amide bonds. The maximum Gasteiger partial charge on any atom is 0.279 e. The average Bonchev–Trinajstić information content (AvgIpc) is 2.96. The summed E-state index contributed by atoms with van der Waals surface area (Å²) >= 11 is 1.42. The second kappa shape index (κ2) is 7.61. The van der Waals surface area contributed by atoms with Crippen LogP contribution in [0.4, 0.5) is 0 Å². The molecule has 7 heteroatoms. The number of hydrogen-bond acceptors (Lipinski definition) is 5. The first-order valence-corrected chi connectivity index (χ1v) is 8.92. The number of fused-ring (bicyclic) bond motifs is 1. The van der Waals surface area contributed by atoms with E-state index in [0.29, 0.717) is 28.5 Å². The van der Waals surface area contributed by atoms with Crippen LogP contribution >= 0.6 is 11.3 Å². The molecule has 136 valence electrons. The predicted octanol–water partition coefficient (Wildman–Crippen LogP) is 3.40. The standard InChI is InChI=1S/C19H20N2O4S/c1-5-25-13-8-6-12(7-9-13)18(22)20-19-21(2)14-10-15(23-3)16(24-4)11-17(14)26-19/h6-11H,5H2,1-4H3. The molecule has 3 rings (SSSR count). The molecule has 0 spiro atoms. The zero-order chi connectivity index (χ0) is 18.7. The summed E-state index contributed by atoms with van der Waals surface area (Å²) in [6, 6.07) is 10.7. The fraction of sp³-hybridized carbons (Fsp3) is 0.263. The van der Waals surface area contributed by atoms with E-state index < -0.39 is 0 Å². The lowest BCUT2D eigenvalue weighted by atomic mass is 10.2. The van der Waals surface area contributed by atoms with Crippen LogP contribution in [0.1, 0.15) is 17.3 Å². The van der Waals surface area contributed by atoms with Gasteiger partial charge in [0.15, 0.2) is 16.3 Å². The van der Waals surface area contributed by atoms with Crippen LogP contribution in [0.2, 0.25) is 0 Å². The van der Waals surface area contributed by atoms with Gasteiger partial charge in [0.25, 0.3) is 5.91 Å². The summed E-state index contributed by atoms with van der Waals surface area (Å²) in [6.07, 6.45) is 0. The second-order valence-corrected chi connectivity index (χ2v) is 6.50. The number of aryl methyl sites for hydroxylation is 1. The van der Waals surface area contributed by atoms with Crippen molar-refractivity contribution in [2.24, 2.45) is 12.0 Å². The molecule has 0 atom stereocenters. The summed E-state index contributed by atoms with van der Waals surface area (Å²) in [5, 5.41) is 0. The molecule has 0 radical (unpaired) electrons. The zero-order valence-electron chi connectivity index (χ0n) is 15.1. The van der Waals surface area contributed by atoms with E-state index >= 15 is 0 Å². The van der Waals surface area contributed by atoms with Gasteiger partial charge in [-0.2, -0.15) is 4.99 Å². The van der Waals surface area contributed by atoms with Gasteiger partial charge >= 0.3 is 0 Å². The Morgan fingerprint density at radius 2 is 1.77 bits per heavy atom. The van der Waals surface area contributed by atoms with Crippen LogP contribution in [-0.4, -0.2) is 31.3 Å². The lowest BCUT2D eigenvalue weighted by molar-refractivity contribution is 0.0998. The highest BCUT2D eigenvalue weighted by molar-refractivity contribution is 7.16. The molecule has 0 aliphatic carbocycles. The maximum absolute atomic E-state index is 12.5. The molecule has 2 aromatic carbocycles. The number of aromatic nitrogens is 1. The van der Waals surface area contributed by atoms with Gasteiger partial charge in [0, 0.05) is 24.7 Å². The molecule has 0 bridgehead atoms. The smallest absolute Gasteiger partial charge is 0.279 e. The van der Waals surface area contributed by atoms with Crippen LogP contribution in [0.3, 0.4) is 0 Å². The van der Waals surface area contributed by atoms with Gasteiger partial charge in [-0.15, -0.1) is 0 Å². The topological polar surface area (TPSA) is 62.1 Å². The van der Waals surface area contributed by atoms with Crippen LogP contribution in [0.25, 0.3) is 10.2 Å². The molecule has 1 heterocycles. The number of carbonyl (C=O) groups excluding carboxylic acids is 1. The number of methoxy groups -OCH3 is 2. The molecule has 3 aromatic rings. The van der Waals surface area contributed by atoms with E-state index in [1.165, 1.54) is 11.3 Å². The molecule has 0 unspecified atom stereocenters. The van der Waals surface area contributed by atoms with Gasteiger partial charge < -0.3 is 18.8 Å². The van der Waals surface area contributed by atoms with Gasteiger partial charge in [-0.05, 0) is 31.2 Å². The van der Waals surface area contributed by atoms with Crippen LogP contribution in [0.5, 0.6) is 17.2 Å². The summed E-state index contributed by atoms with van der Waals surface area (Å²) in [7, 11) is 5.06. The highest BCUT2D eigenvalue weighted by atomic mass is 32.1. The van der Waals surface area contributed by atoms with Crippen molar-refractivity contribution >= 4 is 27.5 Å². The van der Waals surface area contributed by atoms with E-state index in [0.717, 1.165) is 16.0 Å². The number of benzene rings is 2. The van der Waals surface area contributed by atoms with Crippen molar-refractivity contribution in [1.82, 2.24) is 4.57 Å². The summed E-state index contributed by atoms with van der Waals surface area (Å²) in [5.74, 6) is 1.72. The monoisotopic (exact) mass is 372 g/mol. The van der Waals surface area contributed by atoms with Crippen molar-refractivity contribution in [3.05, 3.63) is 46.8 Å². The molecular weight excluding hydrogens is 352 g/mol. The molecule has 0 aliphatic rings. The van der Waals surface area contributed by atoms with E-state index in [1.807, 2.05) is 30.7 Å². The Morgan fingerprint density at radius 3 is 2.38 bits per heavy atom. The minimum atomic E-state index is -0.297. The minimum Gasteiger partial charge on any atom is -0.494 e. The molecule has 0 saturated carbocycles. The fourth-order valence-corrected chi connectivity index (χ4v) is 3.60. The molecule has 0 saturated heterocycles. The Labute approximate surface area is 155 Å². The third-order valence-electron chi connectivity index (χ3n) is 3.92. The molecule has 0 aliphatic heterocycles. The van der Waals surface area contributed by atoms with Crippen molar-refractivity contribution in [2.75, 3.05) is 20.8 Å². The Hall–Kier alpha value is -2.80. The largest absolute Gasteiger partial charge is 0.494 e. The van der Waals surface area contributed by atoms with Gasteiger partial charge in [-0.25, -0.2) is 0 Å². The molecule has 26 heavy (non-hydrogen) atoms. The molecule has 0 fully saturated rings. The molecule has 6 nitrogen and oxygen atoms in total. The third kappa shape index (κ3) is 3.43. The van der Waals surface area contributed by atoms with Crippen LogP contribution in [-0.2, 0) is 7.05 Å². The van der Waals surface area contributed by atoms with Gasteiger partial charge in [-0.3, -0.25) is 4.79 Å². The van der Waals surface area contributed by atoms with Gasteiger partial charge in [0.05, 0.1) is 31.0 Å². The van der Waals surface area contributed by atoms with E-state index in [1.54, 1.807) is 38.5 Å². The van der Waals surface area contributed by atoms with Crippen LogP contribution in [0, 0.1) is 0 Å². The van der Waals surface area contributed by atoms with Crippen molar-refractivity contribution in [3.63, 3.8) is 0 Å². The SMILES string of the molecule is CCOc1ccc(C(=O)N=c2sc3cc(OC)c(OC)cc3n2C)cc1. The molecule has 1 aromatic heterocycles. The van der Waals surface area contributed by atoms with Crippen LogP contribution < -0.4 is 19.0 Å². The number of thiazole rings is 1. The first-order valence-electron chi connectivity index (χ1n) is 8.10. The van der Waals surface area contributed by atoms with Crippen molar-refractivity contribution in [1.29, 1.82) is 0 Å². The predicted molar refractivity (Wildman–Crippen MR) is 101 cm³/mol. The third-order valence-corrected chi connectivity index (χ3v) is 5.02. The summed E-state index contributed by atoms with van der Waals surface area (Å²) in [5.41, 5.74) is 1.44. The molecule has 0 N–H and O–H groups in total. The highest BCUT2D eigenvalue weighted by Gasteiger charge is 2.12. The van der Waals surface area contributed by atoms with Gasteiger partial charge in [0.1, 0.15) is 5.75 Å². The number of nitrogens with zero attached hydrogens (tertiary/aromatic N) is 2. The lowest BCUT2D eigenvalue weighted by Gasteiger charge is -2.07. The summed E-state index contributed by atoms with van der Waals surface area (Å²) < 4.78 is 18.9. The summed E-state index contributed by atoms with van der Waals surface area (Å²) in [6.45, 7) is 2.50. The number of rotatable bonds is 5. The van der Waals surface area contributed by atoms with Crippen molar-refractivity contribution in [2.45, 2.75) is 6.92 Å². The number of ether oxygens (including phenoxy) is 3. The Bertz CT molecular complexity index is 1000. The van der Waals surface area contributed by atoms with Gasteiger partial charge in [0.2, 0.25) is 0 Å². The normalized spacial score (nSPS) is 11.6. The maximum atomic E-state index is 12.5. The zero-order valence-corrected chi connectivity index (χ0v) is 15.9. The van der Waals surface area contributed by atoms with E-state index in [4.69, 9.17) is 14.2 Å². The van der Waals surface area contributed by atoms with Crippen molar-refractivity contribution < 1.29 is 19.0 Å². The van der Waals surface area contributed by atoms with E-state index in [9.17, 15) is 4.79 Å². The Morgan fingerprint density at radius 1 is 1.12 bits per heavy atom. The first kappa shape index (κ1) is 18.0. The lowest BCUT2D eigenvalue weighted by Crippen LogP contribution is -2.13. The van der Waals surface area contributed by atoms with E-state index in [-0.39, 0.29) is 5.91 Å². The van der Waals surface area contributed by atoms with Crippen LogP contribution in [0.15, 0.2) is 41.4 Å². The Kier molecular flexibility index (Phi) is 5.27. The number of amides is 1.